The SMILES string of the molecule is CCOc1ccc(C=NOCC(=O)Nc2cccc(C)c2C)cc1OC. The molecule has 2 aromatic carbocycles. The number of nitrogens with one attached hydrogen (secondary N) is 1. The molecule has 0 aromatic heterocycles. The number of benzene rings is 2. The summed E-state index contributed by atoms with van der Waals surface area (Å²) >= 11 is 0. The minimum absolute atomic E-state index is 0.169. The molecule has 6 heteroatoms. The number of carbonyl (C=O) groups is 1. The van der Waals surface area contributed by atoms with Crippen molar-refractivity contribution in [3.63, 3.8) is 0 Å². The maximum Gasteiger partial charge on any atom is 0.265 e. The molecule has 138 valence electrons. The molecular weight excluding hydrogens is 332 g/mol. The van der Waals surface area contributed by atoms with Crippen LogP contribution in [-0.4, -0.2) is 32.4 Å². The summed E-state index contributed by atoms with van der Waals surface area (Å²) in [5.74, 6) is 1.02. The van der Waals surface area contributed by atoms with Gasteiger partial charge in [0, 0.05) is 11.3 Å². The lowest BCUT2D eigenvalue weighted by molar-refractivity contribution is -0.120. The molecular formula is C20H24N2O4. The van der Waals surface area contributed by atoms with E-state index in [1.54, 1.807) is 19.2 Å². The summed E-state index contributed by atoms with van der Waals surface area (Å²) in [7, 11) is 1.58. The number of aryl methyl sites for hydroxylation is 1. The minimum atomic E-state index is -0.264. The van der Waals surface area contributed by atoms with E-state index >= 15 is 0 Å². The van der Waals surface area contributed by atoms with Crippen LogP contribution in [-0.2, 0) is 9.63 Å². The molecule has 0 saturated carbocycles. The first kappa shape index (κ1) is 19.3. The first-order chi connectivity index (χ1) is 12.5. The molecule has 2 rings (SSSR count). The smallest absolute Gasteiger partial charge is 0.265 e. The fourth-order valence-electron chi connectivity index (χ4n) is 2.31. The third-order valence-electron chi connectivity index (χ3n) is 3.84. The van der Waals surface area contributed by atoms with Gasteiger partial charge in [0.2, 0.25) is 0 Å². The molecule has 1 N–H and O–H groups in total. The molecule has 0 unspecified atom stereocenters. The summed E-state index contributed by atoms with van der Waals surface area (Å²) < 4.78 is 10.7. The van der Waals surface area contributed by atoms with Crippen LogP contribution in [0.15, 0.2) is 41.6 Å². The summed E-state index contributed by atoms with van der Waals surface area (Å²) in [6.07, 6.45) is 1.52. The molecule has 0 heterocycles. The third-order valence-corrected chi connectivity index (χ3v) is 3.84. The van der Waals surface area contributed by atoms with E-state index in [9.17, 15) is 4.79 Å². The molecule has 0 aliphatic rings. The standard InChI is InChI=1S/C20H24N2O4/c1-5-25-18-10-9-16(11-19(18)24-4)12-21-26-13-20(23)22-17-8-6-7-14(2)15(17)3/h6-12H,5,13H2,1-4H3,(H,22,23). The van der Waals surface area contributed by atoms with Gasteiger partial charge in [-0.15, -0.1) is 0 Å². The van der Waals surface area contributed by atoms with Gasteiger partial charge in [0.1, 0.15) is 0 Å². The third kappa shape index (κ3) is 5.24. The van der Waals surface area contributed by atoms with Gasteiger partial charge in [-0.1, -0.05) is 17.3 Å². The fourth-order valence-corrected chi connectivity index (χ4v) is 2.31. The Morgan fingerprint density at radius 2 is 2.00 bits per heavy atom. The summed E-state index contributed by atoms with van der Waals surface area (Å²) in [4.78, 5) is 17.0. The van der Waals surface area contributed by atoms with Gasteiger partial charge in [-0.3, -0.25) is 4.79 Å². The van der Waals surface area contributed by atoms with Crippen LogP contribution in [0.25, 0.3) is 0 Å². The fraction of sp³-hybridized carbons (Fsp3) is 0.300. The van der Waals surface area contributed by atoms with Crippen molar-refractivity contribution < 1.29 is 19.1 Å². The maximum absolute atomic E-state index is 12.0. The predicted octanol–water partition coefficient (Wildman–Crippen LogP) is 3.70. The normalized spacial score (nSPS) is 10.6. The van der Waals surface area contributed by atoms with E-state index in [-0.39, 0.29) is 12.5 Å². The number of ether oxygens (including phenoxy) is 2. The molecule has 0 aliphatic heterocycles. The number of hydrogen-bond acceptors (Lipinski definition) is 5. The van der Waals surface area contributed by atoms with E-state index in [1.165, 1.54) is 6.21 Å². The first-order valence-corrected chi connectivity index (χ1v) is 8.37. The lowest BCUT2D eigenvalue weighted by atomic mass is 10.1. The average molecular weight is 356 g/mol. The van der Waals surface area contributed by atoms with E-state index in [0.717, 1.165) is 22.4 Å². The number of carbonyl (C=O) groups excluding carboxylic acids is 1. The zero-order chi connectivity index (χ0) is 18.9. The van der Waals surface area contributed by atoms with Gasteiger partial charge >= 0.3 is 0 Å². The van der Waals surface area contributed by atoms with Gasteiger partial charge in [-0.25, -0.2) is 0 Å². The van der Waals surface area contributed by atoms with Crippen molar-refractivity contribution in [2.45, 2.75) is 20.8 Å². The van der Waals surface area contributed by atoms with Gasteiger partial charge in [-0.05, 0) is 56.2 Å². The van der Waals surface area contributed by atoms with Crippen molar-refractivity contribution >= 4 is 17.8 Å². The predicted molar refractivity (Wildman–Crippen MR) is 102 cm³/mol. The molecule has 0 radical (unpaired) electrons. The van der Waals surface area contributed by atoms with Gasteiger partial charge in [0.25, 0.3) is 5.91 Å². The topological polar surface area (TPSA) is 69.2 Å². The molecule has 0 aliphatic carbocycles. The Kier molecular flexibility index (Phi) is 7.02. The average Bonchev–Trinajstić information content (AvgIpc) is 2.64. The molecule has 1 amide bonds. The van der Waals surface area contributed by atoms with Crippen molar-refractivity contribution in [2.75, 3.05) is 25.6 Å². The van der Waals surface area contributed by atoms with Crippen molar-refractivity contribution in [3.8, 4) is 11.5 Å². The number of hydrogen-bond donors (Lipinski definition) is 1. The van der Waals surface area contributed by atoms with Crippen LogP contribution in [0.4, 0.5) is 5.69 Å². The summed E-state index contributed by atoms with van der Waals surface area (Å²) in [5.41, 5.74) is 3.70. The van der Waals surface area contributed by atoms with Gasteiger partial charge in [0.05, 0.1) is 19.9 Å². The highest BCUT2D eigenvalue weighted by molar-refractivity contribution is 5.92. The second-order valence-electron chi connectivity index (χ2n) is 5.65. The van der Waals surface area contributed by atoms with Crippen molar-refractivity contribution in [3.05, 3.63) is 53.1 Å². The van der Waals surface area contributed by atoms with Crippen molar-refractivity contribution in [1.29, 1.82) is 0 Å². The second-order valence-corrected chi connectivity index (χ2v) is 5.65. The van der Waals surface area contributed by atoms with E-state index in [0.29, 0.717) is 18.1 Å². The molecule has 0 saturated heterocycles. The van der Waals surface area contributed by atoms with Crippen LogP contribution in [0.1, 0.15) is 23.6 Å². The Morgan fingerprint density at radius 3 is 2.73 bits per heavy atom. The van der Waals surface area contributed by atoms with Crippen molar-refractivity contribution in [1.82, 2.24) is 0 Å². The summed E-state index contributed by atoms with van der Waals surface area (Å²) in [6, 6.07) is 11.2. The Labute approximate surface area is 153 Å². The van der Waals surface area contributed by atoms with Crippen molar-refractivity contribution in [2.24, 2.45) is 5.16 Å². The first-order valence-electron chi connectivity index (χ1n) is 8.37. The van der Waals surface area contributed by atoms with E-state index in [1.807, 2.05) is 45.0 Å². The summed E-state index contributed by atoms with van der Waals surface area (Å²) in [5, 5.41) is 6.65. The van der Waals surface area contributed by atoms with Gasteiger partial charge < -0.3 is 19.6 Å². The number of amides is 1. The van der Waals surface area contributed by atoms with Crippen LogP contribution in [0, 0.1) is 13.8 Å². The lowest BCUT2D eigenvalue weighted by Gasteiger charge is -2.10. The summed E-state index contributed by atoms with van der Waals surface area (Å²) in [6.45, 7) is 6.26. The van der Waals surface area contributed by atoms with Crippen LogP contribution in [0.5, 0.6) is 11.5 Å². The zero-order valence-corrected chi connectivity index (χ0v) is 15.5. The zero-order valence-electron chi connectivity index (χ0n) is 15.5. The Morgan fingerprint density at radius 1 is 1.19 bits per heavy atom. The lowest BCUT2D eigenvalue weighted by Crippen LogP contribution is -2.17. The second kappa shape index (κ2) is 9.46. The van der Waals surface area contributed by atoms with E-state index in [4.69, 9.17) is 14.3 Å². The van der Waals surface area contributed by atoms with Gasteiger partial charge in [-0.2, -0.15) is 0 Å². The van der Waals surface area contributed by atoms with Gasteiger partial charge in [0.15, 0.2) is 18.1 Å². The number of oxime groups is 1. The highest BCUT2D eigenvalue weighted by atomic mass is 16.6. The van der Waals surface area contributed by atoms with Crippen LogP contribution < -0.4 is 14.8 Å². The Bertz CT molecular complexity index is 787. The largest absolute Gasteiger partial charge is 0.493 e. The molecule has 2 aromatic rings. The Balaban J connectivity index is 1.88. The molecule has 6 nitrogen and oxygen atoms in total. The molecule has 0 fully saturated rings. The molecule has 26 heavy (non-hydrogen) atoms. The van der Waals surface area contributed by atoms with Crippen LogP contribution >= 0.6 is 0 Å². The number of methoxy groups -OCH3 is 1. The van der Waals surface area contributed by atoms with E-state index < -0.39 is 0 Å². The number of rotatable bonds is 8. The minimum Gasteiger partial charge on any atom is -0.493 e. The molecule has 0 atom stereocenters. The van der Waals surface area contributed by atoms with Crippen LogP contribution in [0.3, 0.4) is 0 Å². The quantitative estimate of drug-likeness (QED) is 0.578. The molecule has 0 spiro atoms. The maximum atomic E-state index is 12.0. The van der Waals surface area contributed by atoms with Crippen LogP contribution in [0.2, 0.25) is 0 Å². The molecule has 0 bridgehead atoms. The monoisotopic (exact) mass is 356 g/mol. The highest BCUT2D eigenvalue weighted by Gasteiger charge is 2.07. The highest BCUT2D eigenvalue weighted by Crippen LogP contribution is 2.27. The number of anilines is 1. The van der Waals surface area contributed by atoms with E-state index in [2.05, 4.69) is 10.5 Å². The Hall–Kier alpha value is -3.02. The number of nitrogens with zero attached hydrogens (tertiary/aromatic N) is 1.